The predicted octanol–water partition coefficient (Wildman–Crippen LogP) is 3.48. The molecule has 3 rings (SSSR count). The number of carbonyl (C=O) groups excluding carboxylic acids is 1. The molecule has 0 aromatic heterocycles. The van der Waals surface area contributed by atoms with Crippen LogP contribution in [0.25, 0.3) is 0 Å². The molecule has 150 valence electrons. The molecule has 1 aliphatic heterocycles. The van der Waals surface area contributed by atoms with Gasteiger partial charge in [0, 0.05) is 39.5 Å². The van der Waals surface area contributed by atoms with Gasteiger partial charge in [-0.15, -0.1) is 0 Å². The van der Waals surface area contributed by atoms with E-state index in [9.17, 15) is 4.79 Å². The van der Waals surface area contributed by atoms with Gasteiger partial charge >= 0.3 is 0 Å². The highest BCUT2D eigenvalue weighted by Gasteiger charge is 2.23. The van der Waals surface area contributed by atoms with Gasteiger partial charge in [-0.05, 0) is 36.1 Å². The molecule has 5 nitrogen and oxygen atoms in total. The number of nitrogens with zero attached hydrogens (tertiary/aromatic N) is 2. The summed E-state index contributed by atoms with van der Waals surface area (Å²) in [7, 11) is 4.04. The van der Waals surface area contributed by atoms with E-state index in [4.69, 9.17) is 9.47 Å². The third kappa shape index (κ3) is 6.08. The number of hydrogen-bond donors (Lipinski definition) is 0. The third-order valence-electron chi connectivity index (χ3n) is 4.96. The predicted molar refractivity (Wildman–Crippen MR) is 111 cm³/mol. The molecule has 1 fully saturated rings. The van der Waals surface area contributed by atoms with Crippen molar-refractivity contribution in [3.63, 3.8) is 0 Å². The first-order valence-corrected chi connectivity index (χ1v) is 9.89. The van der Waals surface area contributed by atoms with Crippen LogP contribution in [-0.4, -0.2) is 50.8 Å². The van der Waals surface area contributed by atoms with Crippen molar-refractivity contribution < 1.29 is 14.3 Å². The van der Waals surface area contributed by atoms with Gasteiger partial charge in [0.25, 0.3) is 0 Å². The van der Waals surface area contributed by atoms with E-state index >= 15 is 0 Å². The minimum absolute atomic E-state index is 0.00289. The van der Waals surface area contributed by atoms with Gasteiger partial charge in [-0.2, -0.15) is 0 Å². The highest BCUT2D eigenvalue weighted by Crippen LogP contribution is 2.17. The van der Waals surface area contributed by atoms with Crippen molar-refractivity contribution in [1.29, 1.82) is 0 Å². The van der Waals surface area contributed by atoms with E-state index in [1.165, 1.54) is 0 Å². The number of benzene rings is 2. The molecule has 0 N–H and O–H groups in total. The summed E-state index contributed by atoms with van der Waals surface area (Å²) in [6, 6.07) is 18.2. The van der Waals surface area contributed by atoms with Gasteiger partial charge in [0.1, 0.15) is 6.61 Å². The highest BCUT2D eigenvalue weighted by molar-refractivity contribution is 5.77. The normalized spacial score (nSPS) is 16.1. The molecular weight excluding hydrogens is 352 g/mol. The van der Waals surface area contributed by atoms with Crippen molar-refractivity contribution in [3.05, 3.63) is 65.7 Å². The molecule has 1 amide bonds. The SMILES string of the molecule is CN(C)c1ccc(CN(CC2CCCO2)C(=O)COCc2ccccc2)cc1. The van der Waals surface area contributed by atoms with Crippen molar-refractivity contribution in [2.45, 2.75) is 32.1 Å². The number of hydrogen-bond acceptors (Lipinski definition) is 4. The van der Waals surface area contributed by atoms with Gasteiger partial charge in [-0.3, -0.25) is 4.79 Å². The largest absolute Gasteiger partial charge is 0.378 e. The first kappa shape index (κ1) is 20.4. The Morgan fingerprint density at radius 2 is 1.82 bits per heavy atom. The molecule has 28 heavy (non-hydrogen) atoms. The van der Waals surface area contributed by atoms with Crippen LogP contribution in [0.15, 0.2) is 54.6 Å². The van der Waals surface area contributed by atoms with Crippen LogP contribution in [0.3, 0.4) is 0 Å². The molecule has 0 spiro atoms. The second-order valence-corrected chi connectivity index (χ2v) is 7.45. The first-order valence-electron chi connectivity index (χ1n) is 9.89. The quantitative estimate of drug-likeness (QED) is 0.666. The van der Waals surface area contributed by atoms with Crippen molar-refractivity contribution in [3.8, 4) is 0 Å². The Bertz CT molecular complexity index is 725. The maximum atomic E-state index is 12.8. The van der Waals surface area contributed by atoms with E-state index in [2.05, 4.69) is 29.2 Å². The van der Waals surface area contributed by atoms with E-state index in [0.29, 0.717) is 19.7 Å². The molecule has 0 radical (unpaired) electrons. The second-order valence-electron chi connectivity index (χ2n) is 7.45. The average molecular weight is 383 g/mol. The summed E-state index contributed by atoms with van der Waals surface area (Å²) in [4.78, 5) is 16.8. The van der Waals surface area contributed by atoms with Gasteiger partial charge in [-0.25, -0.2) is 0 Å². The van der Waals surface area contributed by atoms with Crippen LogP contribution in [0, 0.1) is 0 Å². The van der Waals surface area contributed by atoms with Gasteiger partial charge in [0.2, 0.25) is 5.91 Å². The summed E-state index contributed by atoms with van der Waals surface area (Å²) in [6.07, 6.45) is 2.20. The van der Waals surface area contributed by atoms with Crippen LogP contribution >= 0.6 is 0 Å². The third-order valence-corrected chi connectivity index (χ3v) is 4.96. The average Bonchev–Trinajstić information content (AvgIpc) is 3.22. The maximum Gasteiger partial charge on any atom is 0.248 e. The van der Waals surface area contributed by atoms with Crippen LogP contribution < -0.4 is 4.90 Å². The monoisotopic (exact) mass is 382 g/mol. The first-order chi connectivity index (χ1) is 13.6. The van der Waals surface area contributed by atoms with Gasteiger partial charge in [-0.1, -0.05) is 42.5 Å². The summed E-state index contributed by atoms with van der Waals surface area (Å²) < 4.78 is 11.4. The Hall–Kier alpha value is -2.37. The summed E-state index contributed by atoms with van der Waals surface area (Å²) >= 11 is 0. The van der Waals surface area contributed by atoms with E-state index in [1.807, 2.05) is 49.3 Å². The van der Waals surface area contributed by atoms with Crippen molar-refractivity contribution >= 4 is 11.6 Å². The summed E-state index contributed by atoms with van der Waals surface area (Å²) in [6.45, 7) is 2.49. The minimum Gasteiger partial charge on any atom is -0.378 e. The zero-order valence-electron chi connectivity index (χ0n) is 16.8. The fraction of sp³-hybridized carbons (Fsp3) is 0.435. The molecule has 1 unspecified atom stereocenters. The zero-order valence-corrected chi connectivity index (χ0v) is 16.8. The van der Waals surface area contributed by atoms with Gasteiger partial charge < -0.3 is 19.3 Å². The van der Waals surface area contributed by atoms with Crippen LogP contribution in [0.2, 0.25) is 0 Å². The zero-order chi connectivity index (χ0) is 19.8. The van der Waals surface area contributed by atoms with Crippen LogP contribution in [0.4, 0.5) is 5.69 Å². The number of ether oxygens (including phenoxy) is 2. The Labute approximate surface area is 167 Å². The molecule has 0 bridgehead atoms. The molecule has 0 saturated carbocycles. The summed E-state index contributed by atoms with van der Waals surface area (Å²) in [5.41, 5.74) is 3.33. The van der Waals surface area contributed by atoms with Crippen molar-refractivity contribution in [1.82, 2.24) is 4.90 Å². The van der Waals surface area contributed by atoms with E-state index in [0.717, 1.165) is 36.3 Å². The van der Waals surface area contributed by atoms with E-state index in [-0.39, 0.29) is 18.6 Å². The minimum atomic E-state index is 0.00289. The van der Waals surface area contributed by atoms with Crippen molar-refractivity contribution in [2.24, 2.45) is 0 Å². The number of carbonyl (C=O) groups is 1. The Morgan fingerprint density at radius 3 is 2.46 bits per heavy atom. The molecule has 1 aliphatic rings. The van der Waals surface area contributed by atoms with Crippen LogP contribution in [0.1, 0.15) is 24.0 Å². The number of anilines is 1. The Balaban J connectivity index is 1.59. The molecule has 2 aromatic carbocycles. The molecule has 1 heterocycles. The number of amides is 1. The Morgan fingerprint density at radius 1 is 1.07 bits per heavy atom. The number of rotatable bonds is 9. The lowest BCUT2D eigenvalue weighted by Gasteiger charge is -2.26. The van der Waals surface area contributed by atoms with Crippen LogP contribution in [-0.2, 0) is 27.4 Å². The summed E-state index contributed by atoms with van der Waals surface area (Å²) in [5, 5.41) is 0. The fourth-order valence-corrected chi connectivity index (χ4v) is 3.33. The standard InChI is InChI=1S/C23H30N2O3/c1-24(2)21-12-10-19(11-13-21)15-25(16-22-9-6-14-28-22)23(26)18-27-17-20-7-4-3-5-8-20/h3-5,7-8,10-13,22H,6,9,14-18H2,1-2H3. The molecular formula is C23H30N2O3. The summed E-state index contributed by atoms with van der Waals surface area (Å²) in [5.74, 6) is 0.00289. The topological polar surface area (TPSA) is 42.0 Å². The van der Waals surface area contributed by atoms with Gasteiger partial charge in [0.05, 0.1) is 12.7 Å². The molecule has 5 heteroatoms. The van der Waals surface area contributed by atoms with Crippen LogP contribution in [0.5, 0.6) is 0 Å². The molecule has 1 saturated heterocycles. The highest BCUT2D eigenvalue weighted by atomic mass is 16.5. The molecule has 2 aromatic rings. The van der Waals surface area contributed by atoms with E-state index in [1.54, 1.807) is 0 Å². The lowest BCUT2D eigenvalue weighted by atomic mass is 10.1. The van der Waals surface area contributed by atoms with Crippen molar-refractivity contribution in [2.75, 3.05) is 38.8 Å². The van der Waals surface area contributed by atoms with Gasteiger partial charge in [0.15, 0.2) is 0 Å². The molecule has 0 aliphatic carbocycles. The fourth-order valence-electron chi connectivity index (χ4n) is 3.33. The second kappa shape index (κ2) is 10.2. The lowest BCUT2D eigenvalue weighted by molar-refractivity contribution is -0.138. The Kier molecular flexibility index (Phi) is 7.46. The van der Waals surface area contributed by atoms with E-state index < -0.39 is 0 Å². The lowest BCUT2D eigenvalue weighted by Crippen LogP contribution is -2.39. The smallest absolute Gasteiger partial charge is 0.248 e. The maximum absolute atomic E-state index is 12.8. The molecule has 1 atom stereocenters.